The lowest BCUT2D eigenvalue weighted by Gasteiger charge is -2.31. The van der Waals surface area contributed by atoms with Crippen LogP contribution in [0.15, 0.2) is 42.5 Å². The molecule has 1 heterocycles. The fraction of sp³-hybridized carbons (Fsp3) is 0.600. The van der Waals surface area contributed by atoms with Gasteiger partial charge in [-0.1, -0.05) is 70.9 Å². The molecule has 2 aromatic rings. The highest BCUT2D eigenvalue weighted by Crippen LogP contribution is 2.34. The summed E-state index contributed by atoms with van der Waals surface area (Å²) < 4.78 is 26.5. The van der Waals surface area contributed by atoms with Gasteiger partial charge in [0, 0.05) is 37.0 Å². The van der Waals surface area contributed by atoms with Crippen molar-refractivity contribution in [1.29, 1.82) is 0 Å². The molecule has 1 saturated heterocycles. The molecule has 40 heavy (non-hydrogen) atoms. The maximum absolute atomic E-state index is 13.7. The maximum Gasteiger partial charge on any atom is 0.160 e. The van der Waals surface area contributed by atoms with Gasteiger partial charge in [0.15, 0.2) is 5.78 Å². The van der Waals surface area contributed by atoms with Crippen LogP contribution in [0.1, 0.15) is 135 Å². The fourth-order valence-electron chi connectivity index (χ4n) is 5.79. The molecule has 2 aromatic carbocycles. The molecule has 1 saturated carbocycles. The minimum Gasteiger partial charge on any atom is -0.303 e. The monoisotopic (exact) mass is 559 g/mol. The lowest BCUT2D eigenvalue weighted by atomic mass is 9.85. The molecule has 1 aliphatic carbocycles. The molecule has 2 aliphatic rings. The third kappa shape index (κ3) is 10.5. The second-order valence-corrected chi connectivity index (χ2v) is 11.7. The number of carbonyl (C=O) groups is 2. The van der Waals surface area contributed by atoms with Crippen LogP contribution in [-0.4, -0.2) is 35.6 Å². The van der Waals surface area contributed by atoms with Crippen LogP contribution in [0, 0.1) is 17.6 Å². The Morgan fingerprint density at radius 3 is 2.12 bits per heavy atom. The molecule has 0 spiro atoms. The van der Waals surface area contributed by atoms with Gasteiger partial charge < -0.3 is 4.79 Å². The summed E-state index contributed by atoms with van der Waals surface area (Å²) in [5, 5.41) is 0. The molecule has 5 heteroatoms. The van der Waals surface area contributed by atoms with Crippen molar-refractivity contribution in [3.63, 3.8) is 0 Å². The topological polar surface area (TPSA) is 37.4 Å². The number of rotatable bonds is 4. The number of hydrogen-bond donors (Lipinski definition) is 0. The second-order valence-electron chi connectivity index (χ2n) is 11.7. The van der Waals surface area contributed by atoms with E-state index in [4.69, 9.17) is 0 Å². The molecule has 4 rings (SSSR count). The van der Waals surface area contributed by atoms with Gasteiger partial charge in [0.2, 0.25) is 0 Å². The highest BCUT2D eigenvalue weighted by molar-refractivity contribution is 5.95. The number of halogens is 2. The first-order valence-corrected chi connectivity index (χ1v) is 14.8. The van der Waals surface area contributed by atoms with Gasteiger partial charge in [0.05, 0.1) is 0 Å². The summed E-state index contributed by atoms with van der Waals surface area (Å²) in [6.07, 6.45) is 9.70. The number of hydrogen-bond acceptors (Lipinski definition) is 3. The molecule has 1 aliphatic heterocycles. The number of nitrogens with zero attached hydrogens (tertiary/aromatic N) is 1. The Morgan fingerprint density at radius 1 is 0.900 bits per heavy atom. The number of carbonyl (C=O) groups excluding carboxylic acids is 2. The van der Waals surface area contributed by atoms with E-state index in [0.29, 0.717) is 11.5 Å². The van der Waals surface area contributed by atoms with E-state index < -0.39 is 11.6 Å². The number of likely N-dealkylation sites (tertiary alicyclic amines) is 1. The van der Waals surface area contributed by atoms with Crippen LogP contribution in [0.25, 0.3) is 0 Å². The Labute approximate surface area is 244 Å². The van der Waals surface area contributed by atoms with Crippen molar-refractivity contribution in [3.8, 4) is 0 Å². The largest absolute Gasteiger partial charge is 0.303 e. The summed E-state index contributed by atoms with van der Waals surface area (Å²) in [5.41, 5.74) is 2.86. The number of ketones is 1. The Balaban J connectivity index is 0.000000710. The predicted molar refractivity (Wildman–Crippen MR) is 166 cm³/mol. The average molecular weight is 560 g/mol. The highest BCUT2D eigenvalue weighted by atomic mass is 19.1. The Morgan fingerprint density at radius 2 is 1.52 bits per heavy atom. The third-order valence-electron chi connectivity index (χ3n) is 8.02. The summed E-state index contributed by atoms with van der Waals surface area (Å²) in [6, 6.07) is 11.9. The fourth-order valence-corrected chi connectivity index (χ4v) is 5.79. The zero-order chi connectivity index (χ0) is 29.0. The lowest BCUT2D eigenvalue weighted by Crippen LogP contribution is -2.39. The first kappa shape index (κ1) is 35.6. The van der Waals surface area contributed by atoms with E-state index in [1.165, 1.54) is 11.6 Å². The number of aldehydes is 1. The molecule has 0 aromatic heterocycles. The van der Waals surface area contributed by atoms with Crippen molar-refractivity contribution in [2.75, 3.05) is 13.1 Å². The van der Waals surface area contributed by atoms with Gasteiger partial charge in [0.1, 0.15) is 17.9 Å². The average Bonchev–Trinajstić information content (AvgIpc) is 3.44. The molecule has 0 N–H and O–H groups in total. The van der Waals surface area contributed by atoms with Gasteiger partial charge in [-0.05, 0) is 89.5 Å². The zero-order valence-electron chi connectivity index (χ0n) is 24.9. The van der Waals surface area contributed by atoms with Crippen LogP contribution in [-0.2, 0) is 4.79 Å². The standard InChI is InChI=1S/C18H24O2.C14H19F2N.C2H6.CH4.H2/c1-14(20)17-11-4-5-12-18(17)16-9-3-2-7-15(13-19)8-6-10-16;1-14(2,3)17-7-6-10(9-17)12-5-4-11(15)8-13(12)16;1-2;;/h4-5,11-13,15-16H,2-3,6-10H2,1H3;4-5,8,10H,6-7,9H2,1-3H3;1-2H3;1H4;1H/t;10-;;;/m.0.../s1. The molecule has 0 radical (unpaired) electrons. The van der Waals surface area contributed by atoms with Gasteiger partial charge in [-0.25, -0.2) is 8.78 Å². The lowest BCUT2D eigenvalue weighted by molar-refractivity contribution is -0.111. The van der Waals surface area contributed by atoms with Crippen LogP contribution in [0.4, 0.5) is 8.78 Å². The SMILES string of the molecule is C.CC.CC(=O)c1ccccc1C1CCCCC(C=O)CCC1.CC(C)(C)N1CC[C@H](c2ccc(F)cc2F)C1.[HH]. The minimum atomic E-state index is -0.503. The van der Waals surface area contributed by atoms with Crippen molar-refractivity contribution >= 4 is 12.1 Å². The first-order chi connectivity index (χ1) is 18.6. The zero-order valence-corrected chi connectivity index (χ0v) is 24.9. The normalized spacial score (nSPS) is 21.6. The Bertz CT molecular complexity index is 1050. The van der Waals surface area contributed by atoms with Crippen LogP contribution in [0.3, 0.4) is 0 Å². The Hall–Kier alpha value is -2.40. The van der Waals surface area contributed by atoms with Gasteiger partial charge in [-0.2, -0.15) is 0 Å². The van der Waals surface area contributed by atoms with E-state index in [0.717, 1.165) is 82.4 Å². The molecule has 3 atom stereocenters. The third-order valence-corrected chi connectivity index (χ3v) is 8.02. The summed E-state index contributed by atoms with van der Waals surface area (Å²) in [5.74, 6) is 0.154. The van der Waals surface area contributed by atoms with Gasteiger partial charge in [0.25, 0.3) is 0 Å². The van der Waals surface area contributed by atoms with Gasteiger partial charge >= 0.3 is 0 Å². The molecule has 0 amide bonds. The quantitative estimate of drug-likeness (QED) is 0.276. The molecule has 2 unspecified atom stereocenters. The van der Waals surface area contributed by atoms with Crippen LogP contribution >= 0.6 is 0 Å². The molecular weight excluding hydrogens is 504 g/mol. The molecule has 2 fully saturated rings. The Kier molecular flexibility index (Phi) is 15.5. The smallest absolute Gasteiger partial charge is 0.160 e. The van der Waals surface area contributed by atoms with Crippen LogP contribution in [0.5, 0.6) is 0 Å². The van der Waals surface area contributed by atoms with Crippen molar-refractivity contribution in [2.45, 2.75) is 118 Å². The van der Waals surface area contributed by atoms with E-state index in [1.807, 2.05) is 32.0 Å². The van der Waals surface area contributed by atoms with E-state index in [9.17, 15) is 18.4 Å². The molecule has 226 valence electrons. The summed E-state index contributed by atoms with van der Waals surface area (Å²) in [7, 11) is 0. The minimum absolute atomic E-state index is 0. The number of Topliss-reactive ketones (excluding diaryl/α,β-unsaturated/α-hetero) is 1. The van der Waals surface area contributed by atoms with Gasteiger partial charge in [-0.15, -0.1) is 0 Å². The van der Waals surface area contributed by atoms with E-state index in [-0.39, 0.29) is 32.0 Å². The van der Waals surface area contributed by atoms with Crippen molar-refractivity contribution in [1.82, 2.24) is 4.90 Å². The van der Waals surface area contributed by atoms with E-state index in [1.54, 1.807) is 13.0 Å². The number of benzene rings is 2. The predicted octanol–water partition coefficient (Wildman–Crippen LogP) is 9.99. The summed E-state index contributed by atoms with van der Waals surface area (Å²) >= 11 is 0. The summed E-state index contributed by atoms with van der Waals surface area (Å²) in [4.78, 5) is 25.1. The molecule has 3 nitrogen and oxygen atoms in total. The summed E-state index contributed by atoms with van der Waals surface area (Å²) in [6.45, 7) is 14.0. The first-order valence-electron chi connectivity index (χ1n) is 14.8. The van der Waals surface area contributed by atoms with Gasteiger partial charge in [-0.3, -0.25) is 9.69 Å². The highest BCUT2D eigenvalue weighted by Gasteiger charge is 2.32. The molecule has 0 bridgehead atoms. The maximum atomic E-state index is 13.7. The van der Waals surface area contributed by atoms with Crippen molar-refractivity contribution in [3.05, 3.63) is 70.8 Å². The van der Waals surface area contributed by atoms with E-state index >= 15 is 0 Å². The van der Waals surface area contributed by atoms with Crippen LogP contribution < -0.4 is 0 Å². The second kappa shape index (κ2) is 17.4. The van der Waals surface area contributed by atoms with E-state index in [2.05, 4.69) is 31.7 Å². The van der Waals surface area contributed by atoms with Crippen LogP contribution in [0.2, 0.25) is 0 Å². The van der Waals surface area contributed by atoms with Crippen molar-refractivity contribution in [2.24, 2.45) is 5.92 Å². The van der Waals surface area contributed by atoms with Crippen molar-refractivity contribution < 1.29 is 19.8 Å². The molecular formula is C35H55F2NO2.